The van der Waals surface area contributed by atoms with Crippen molar-refractivity contribution in [2.24, 2.45) is 0 Å². The number of hydrogen-bond donors (Lipinski definition) is 0. The molecule has 0 aromatic heterocycles. The molecule has 0 aromatic carbocycles. The first-order valence-electron chi connectivity index (χ1n) is 3.74. The molecular weight excluding hydrogens is 288 g/mol. The Morgan fingerprint density at radius 2 is 1.06 bits per heavy atom. The van der Waals surface area contributed by atoms with Gasteiger partial charge in [0.05, 0.1) is 0 Å². The Balaban J connectivity index is -0.0000000658. The summed E-state index contributed by atoms with van der Waals surface area (Å²) in [7, 11) is 0. The number of Topliss-reactive ketones (excluding diaryl/α,β-unsaturated/α-hetero) is 1. The minimum atomic E-state index is -0.0463. The number of ketones is 1. The molecule has 1 saturated carbocycles. The van der Waals surface area contributed by atoms with E-state index in [4.69, 9.17) is 9.30 Å². The number of carbonyl (C=O) groups is 1. The summed E-state index contributed by atoms with van der Waals surface area (Å²) in [5, 5.41) is 0. The minimum absolute atomic E-state index is 0. The van der Waals surface area contributed by atoms with E-state index in [1.54, 1.807) is 0 Å². The van der Waals surface area contributed by atoms with Gasteiger partial charge in [-0.3, -0.25) is 4.79 Å². The van der Waals surface area contributed by atoms with Gasteiger partial charge in [0, 0.05) is 5.92 Å². The third-order valence-electron chi connectivity index (χ3n) is 1.05. The SMILES string of the molecule is [C-]#[O+].[C-]#[O+].[CH2][C]([CH2])C(C)=O.[CH]1[CH][CH][CH][CH]1.[Mo+2]. The molecule has 1 fully saturated rings. The van der Waals surface area contributed by atoms with Gasteiger partial charge in [0.1, 0.15) is 5.78 Å². The van der Waals surface area contributed by atoms with Crippen LogP contribution in [0, 0.1) is 65.2 Å². The van der Waals surface area contributed by atoms with Crippen LogP contribution in [0.1, 0.15) is 6.92 Å². The molecule has 0 atom stereocenters. The van der Waals surface area contributed by atoms with Crippen LogP contribution in [0.3, 0.4) is 0 Å². The second kappa shape index (κ2) is 24.2. The van der Waals surface area contributed by atoms with Crippen molar-refractivity contribution in [3.05, 3.63) is 65.2 Å². The van der Waals surface area contributed by atoms with Crippen molar-refractivity contribution in [3.8, 4) is 0 Å². The minimum Gasteiger partial charge on any atom is -0.299 e. The fourth-order valence-electron chi connectivity index (χ4n) is 0.321. The first-order chi connectivity index (χ1) is 7.14. The van der Waals surface area contributed by atoms with Crippen LogP contribution in [-0.4, -0.2) is 5.78 Å². The van der Waals surface area contributed by atoms with Crippen LogP contribution in [0.5, 0.6) is 0 Å². The van der Waals surface area contributed by atoms with Crippen LogP contribution >= 0.6 is 0 Å². The molecule has 4 heteroatoms. The topological polar surface area (TPSA) is 56.9 Å². The van der Waals surface area contributed by atoms with Crippen molar-refractivity contribution < 1.29 is 35.2 Å². The number of carbonyl (C=O) groups excluding carboxylic acids is 1. The molecule has 0 N–H and O–H groups in total. The molecule has 8 radical (unpaired) electrons. The molecule has 1 aliphatic rings. The second-order valence-corrected chi connectivity index (χ2v) is 2.12. The molecule has 0 unspecified atom stereocenters. The van der Waals surface area contributed by atoms with Crippen molar-refractivity contribution in [1.82, 2.24) is 0 Å². The summed E-state index contributed by atoms with van der Waals surface area (Å²) in [4.78, 5) is 9.98. The Kier molecular flexibility index (Phi) is 37.6. The molecule has 0 aliphatic heterocycles. The van der Waals surface area contributed by atoms with Gasteiger partial charge in [-0.15, -0.1) is 0 Å². The van der Waals surface area contributed by atoms with Crippen LogP contribution in [0.2, 0.25) is 0 Å². The molecule has 1 aliphatic carbocycles. The van der Waals surface area contributed by atoms with Crippen LogP contribution in [0.15, 0.2) is 0 Å². The van der Waals surface area contributed by atoms with E-state index in [0.29, 0.717) is 5.92 Å². The normalized spacial score (nSPS) is 11.2. The van der Waals surface area contributed by atoms with Gasteiger partial charge in [-0.1, -0.05) is 0 Å². The van der Waals surface area contributed by atoms with Gasteiger partial charge in [-0.2, -0.15) is 0 Å². The quantitative estimate of drug-likeness (QED) is 0.413. The van der Waals surface area contributed by atoms with E-state index >= 15 is 0 Å². The predicted octanol–water partition coefficient (Wildman–Crippen LogP) is 1.76. The number of hydrogen-bond acceptors (Lipinski definition) is 1. The Morgan fingerprint density at radius 3 is 1.12 bits per heavy atom. The monoisotopic (exact) mass is 302 g/mol. The average molecular weight is 300 g/mol. The summed E-state index contributed by atoms with van der Waals surface area (Å²) in [5.41, 5.74) is 0. The van der Waals surface area contributed by atoms with Gasteiger partial charge in [0.2, 0.25) is 0 Å². The summed E-state index contributed by atoms with van der Waals surface area (Å²) in [5.74, 6) is 0.324. The Hall–Kier alpha value is -0.162. The molecule has 0 saturated heterocycles. The molecule has 0 bridgehead atoms. The van der Waals surface area contributed by atoms with E-state index in [1.807, 2.05) is 32.1 Å². The van der Waals surface area contributed by atoms with Crippen LogP contribution in [0.4, 0.5) is 0 Å². The van der Waals surface area contributed by atoms with Crippen molar-refractivity contribution in [2.75, 3.05) is 0 Å². The summed E-state index contributed by atoms with van der Waals surface area (Å²) in [6.45, 7) is 17.0. The van der Waals surface area contributed by atoms with E-state index < -0.39 is 0 Å². The molecular formula is C12H12MoO3+2. The van der Waals surface area contributed by atoms with E-state index in [9.17, 15) is 4.79 Å². The van der Waals surface area contributed by atoms with Crippen molar-refractivity contribution >= 4 is 5.78 Å². The van der Waals surface area contributed by atoms with Gasteiger partial charge in [0.25, 0.3) is 0 Å². The van der Waals surface area contributed by atoms with Gasteiger partial charge in [0.15, 0.2) is 0 Å². The van der Waals surface area contributed by atoms with E-state index in [-0.39, 0.29) is 26.8 Å². The van der Waals surface area contributed by atoms with Gasteiger partial charge in [-0.25, -0.2) is 0 Å². The van der Waals surface area contributed by atoms with E-state index in [2.05, 4.69) is 27.1 Å². The Bertz CT molecular complexity index is 156. The standard InChI is InChI=1S/C5H7O.C5H5.2CO.Mo/c1-4(2)5(3)6;1-2-4-5-3-1;2*1-2;/h1-2H2,3H3;1-5H;;;/q;;;;+2. The smallest absolute Gasteiger partial charge is 0.299 e. The van der Waals surface area contributed by atoms with Crippen molar-refractivity contribution in [2.45, 2.75) is 6.92 Å². The maximum atomic E-state index is 9.98. The third-order valence-corrected chi connectivity index (χ3v) is 1.05. The van der Waals surface area contributed by atoms with Crippen LogP contribution in [0.25, 0.3) is 0 Å². The summed E-state index contributed by atoms with van der Waals surface area (Å²) in [6.07, 6.45) is 10.0. The summed E-state index contributed by atoms with van der Waals surface area (Å²) >= 11 is 0. The Morgan fingerprint density at radius 1 is 0.938 bits per heavy atom. The second-order valence-electron chi connectivity index (χ2n) is 2.12. The largest absolute Gasteiger partial charge is 2.00 e. The maximum Gasteiger partial charge on any atom is 2.00 e. The molecule has 0 heterocycles. The molecule has 0 spiro atoms. The summed E-state index contributed by atoms with van der Waals surface area (Å²) in [6, 6.07) is 0. The molecule has 1 rings (SSSR count). The van der Waals surface area contributed by atoms with Crippen molar-refractivity contribution in [1.29, 1.82) is 0 Å². The summed E-state index contributed by atoms with van der Waals surface area (Å²) < 4.78 is 15.0. The fourth-order valence-corrected chi connectivity index (χ4v) is 0.321. The molecule has 0 amide bonds. The fraction of sp³-hybridized carbons (Fsp3) is 0.0833. The number of rotatable bonds is 1. The average Bonchev–Trinajstić information content (AvgIpc) is 2.82. The maximum absolute atomic E-state index is 9.98. The molecule has 82 valence electrons. The third kappa shape index (κ3) is 29.2. The molecule has 16 heavy (non-hydrogen) atoms. The van der Waals surface area contributed by atoms with E-state index in [0.717, 1.165) is 0 Å². The van der Waals surface area contributed by atoms with Crippen LogP contribution < -0.4 is 0 Å². The van der Waals surface area contributed by atoms with E-state index in [1.165, 1.54) is 6.92 Å². The predicted molar refractivity (Wildman–Crippen MR) is 54.0 cm³/mol. The van der Waals surface area contributed by atoms with Gasteiger partial charge < -0.3 is 0 Å². The van der Waals surface area contributed by atoms with Crippen molar-refractivity contribution in [3.63, 3.8) is 0 Å². The molecule has 0 aromatic rings. The zero-order valence-electron chi connectivity index (χ0n) is 8.93. The van der Waals surface area contributed by atoms with Crippen LogP contribution in [-0.2, 0) is 35.2 Å². The van der Waals surface area contributed by atoms with Gasteiger partial charge in [-0.05, 0) is 52.9 Å². The first kappa shape index (κ1) is 24.9. The Labute approximate surface area is 113 Å². The van der Waals surface area contributed by atoms with Gasteiger partial charge >= 0.3 is 43.7 Å². The zero-order chi connectivity index (χ0) is 12.7. The first-order valence-corrected chi connectivity index (χ1v) is 3.74. The zero-order valence-corrected chi connectivity index (χ0v) is 10.9. The molecule has 3 nitrogen and oxygen atoms in total.